The Morgan fingerprint density at radius 1 is 1.26 bits per heavy atom. The fraction of sp³-hybridized carbons (Fsp3) is 0.650. The van der Waals surface area contributed by atoms with Gasteiger partial charge in [0.1, 0.15) is 0 Å². The van der Waals surface area contributed by atoms with Crippen LogP contribution in [0.5, 0.6) is 0 Å². The van der Waals surface area contributed by atoms with Gasteiger partial charge >= 0.3 is 0 Å². The summed E-state index contributed by atoms with van der Waals surface area (Å²) >= 11 is 0. The summed E-state index contributed by atoms with van der Waals surface area (Å²) in [6, 6.07) is 10.8. The van der Waals surface area contributed by atoms with Gasteiger partial charge in [-0.3, -0.25) is 4.79 Å². The zero-order valence-electron chi connectivity index (χ0n) is 15.1. The van der Waals surface area contributed by atoms with Gasteiger partial charge in [-0.1, -0.05) is 44.2 Å². The third-order valence-corrected chi connectivity index (χ3v) is 5.09. The van der Waals surface area contributed by atoms with Gasteiger partial charge in [0.05, 0.1) is 0 Å². The van der Waals surface area contributed by atoms with Gasteiger partial charge < -0.3 is 10.2 Å². The fourth-order valence-corrected chi connectivity index (χ4v) is 3.69. The van der Waals surface area contributed by atoms with Gasteiger partial charge in [0.2, 0.25) is 5.91 Å². The molecule has 1 fully saturated rings. The fourth-order valence-electron chi connectivity index (χ4n) is 3.69. The molecule has 0 aliphatic carbocycles. The lowest BCUT2D eigenvalue weighted by Gasteiger charge is -2.31. The molecule has 1 aromatic carbocycles. The van der Waals surface area contributed by atoms with E-state index in [1.54, 1.807) is 0 Å². The Morgan fingerprint density at radius 3 is 2.48 bits per heavy atom. The van der Waals surface area contributed by atoms with Crippen LogP contribution in [-0.2, 0) is 10.2 Å². The largest absolute Gasteiger partial charge is 0.354 e. The predicted octanol–water partition coefficient (Wildman–Crippen LogP) is 3.59. The van der Waals surface area contributed by atoms with E-state index >= 15 is 0 Å². The molecule has 0 saturated carbocycles. The molecule has 3 heteroatoms. The zero-order valence-corrected chi connectivity index (χ0v) is 15.1. The van der Waals surface area contributed by atoms with Crippen LogP contribution in [0.1, 0.15) is 52.0 Å². The molecule has 3 nitrogen and oxygen atoms in total. The third-order valence-electron chi connectivity index (χ3n) is 5.09. The van der Waals surface area contributed by atoms with E-state index in [4.69, 9.17) is 0 Å². The van der Waals surface area contributed by atoms with Gasteiger partial charge in [0.15, 0.2) is 0 Å². The molecular formula is C20H32N2O. The molecule has 23 heavy (non-hydrogen) atoms. The smallest absolute Gasteiger partial charge is 0.220 e. The minimum atomic E-state index is 0.0709. The molecule has 0 spiro atoms. The van der Waals surface area contributed by atoms with Crippen molar-refractivity contribution in [1.29, 1.82) is 0 Å². The second-order valence-corrected chi connectivity index (χ2v) is 7.87. The molecule has 1 saturated heterocycles. The molecule has 1 N–H and O–H groups in total. The Balaban J connectivity index is 1.79. The molecule has 1 aliphatic rings. The Kier molecular flexibility index (Phi) is 6.23. The van der Waals surface area contributed by atoms with E-state index in [-0.39, 0.29) is 17.4 Å². The number of hydrogen-bond acceptors (Lipinski definition) is 2. The second kappa shape index (κ2) is 7.96. The first-order valence-electron chi connectivity index (χ1n) is 8.90. The van der Waals surface area contributed by atoms with Gasteiger partial charge in [-0.25, -0.2) is 0 Å². The highest BCUT2D eigenvalue weighted by Gasteiger charge is 2.25. The number of benzene rings is 1. The van der Waals surface area contributed by atoms with Crippen LogP contribution in [-0.4, -0.2) is 37.0 Å². The van der Waals surface area contributed by atoms with Crippen molar-refractivity contribution in [2.75, 3.05) is 20.1 Å². The quantitative estimate of drug-likeness (QED) is 0.870. The number of nitrogens with one attached hydrogen (secondary N) is 1. The van der Waals surface area contributed by atoms with E-state index in [9.17, 15) is 4.79 Å². The van der Waals surface area contributed by atoms with Crippen molar-refractivity contribution in [3.63, 3.8) is 0 Å². The normalized spacial score (nSPS) is 18.6. The molecule has 1 atom stereocenters. The Bertz CT molecular complexity index is 490. The monoisotopic (exact) mass is 316 g/mol. The summed E-state index contributed by atoms with van der Waals surface area (Å²) in [6.45, 7) is 8.87. The van der Waals surface area contributed by atoms with Gasteiger partial charge in [0.25, 0.3) is 0 Å². The lowest BCUT2D eigenvalue weighted by molar-refractivity contribution is -0.123. The van der Waals surface area contributed by atoms with Crippen LogP contribution in [0.2, 0.25) is 0 Å². The van der Waals surface area contributed by atoms with Crippen molar-refractivity contribution in [3.8, 4) is 0 Å². The average Bonchev–Trinajstić information content (AvgIpc) is 2.49. The van der Waals surface area contributed by atoms with E-state index in [0.29, 0.717) is 12.3 Å². The van der Waals surface area contributed by atoms with Crippen LogP contribution in [0.4, 0.5) is 0 Å². The van der Waals surface area contributed by atoms with Gasteiger partial charge in [-0.05, 0) is 63.2 Å². The molecule has 1 aliphatic heterocycles. The summed E-state index contributed by atoms with van der Waals surface area (Å²) in [6.07, 6.45) is 3.93. The standard InChI is InChI=1S/C20H32N2O/c1-16(15-20(2,3)18-8-6-5-7-9-18)21-19(23)14-17-10-12-22(4)13-11-17/h5-9,16-17H,10-15H2,1-4H3,(H,21,23)/t16-/m0/s1. The van der Waals surface area contributed by atoms with Crippen molar-refractivity contribution in [2.24, 2.45) is 5.92 Å². The number of carbonyl (C=O) groups is 1. The van der Waals surface area contributed by atoms with E-state index in [0.717, 1.165) is 32.4 Å². The van der Waals surface area contributed by atoms with Crippen molar-refractivity contribution in [3.05, 3.63) is 35.9 Å². The molecular weight excluding hydrogens is 284 g/mol. The van der Waals surface area contributed by atoms with Crippen LogP contribution in [0, 0.1) is 5.92 Å². The van der Waals surface area contributed by atoms with Crippen LogP contribution in [0.25, 0.3) is 0 Å². The minimum absolute atomic E-state index is 0.0709. The first kappa shape index (κ1) is 18.0. The van der Waals surface area contributed by atoms with Gasteiger partial charge in [-0.15, -0.1) is 0 Å². The van der Waals surface area contributed by atoms with Crippen LogP contribution in [0.15, 0.2) is 30.3 Å². The molecule has 1 aromatic rings. The number of carbonyl (C=O) groups excluding carboxylic acids is 1. The SMILES string of the molecule is C[C@@H](CC(C)(C)c1ccccc1)NC(=O)CC1CCN(C)CC1. The van der Waals surface area contributed by atoms with E-state index in [1.165, 1.54) is 5.56 Å². The number of amides is 1. The lowest BCUT2D eigenvalue weighted by Crippen LogP contribution is -2.39. The summed E-state index contributed by atoms with van der Waals surface area (Å²) in [5, 5.41) is 3.21. The summed E-state index contributed by atoms with van der Waals surface area (Å²) < 4.78 is 0. The molecule has 1 amide bonds. The van der Waals surface area contributed by atoms with Crippen molar-refractivity contribution < 1.29 is 4.79 Å². The van der Waals surface area contributed by atoms with Crippen LogP contribution < -0.4 is 5.32 Å². The van der Waals surface area contributed by atoms with Crippen LogP contribution >= 0.6 is 0 Å². The molecule has 128 valence electrons. The summed E-state index contributed by atoms with van der Waals surface area (Å²) in [5.41, 5.74) is 1.40. The maximum atomic E-state index is 12.3. The molecule has 0 unspecified atom stereocenters. The predicted molar refractivity (Wildman–Crippen MR) is 96.5 cm³/mol. The molecule has 0 radical (unpaired) electrons. The number of hydrogen-bond donors (Lipinski definition) is 1. The van der Waals surface area contributed by atoms with E-state index < -0.39 is 0 Å². The van der Waals surface area contributed by atoms with Gasteiger partial charge in [-0.2, -0.15) is 0 Å². The highest BCUT2D eigenvalue weighted by atomic mass is 16.1. The second-order valence-electron chi connectivity index (χ2n) is 7.87. The Morgan fingerprint density at radius 2 is 1.87 bits per heavy atom. The number of piperidine rings is 1. The van der Waals surface area contributed by atoms with Crippen molar-refractivity contribution in [2.45, 2.75) is 57.9 Å². The highest BCUT2D eigenvalue weighted by molar-refractivity contribution is 5.76. The minimum Gasteiger partial charge on any atom is -0.354 e. The van der Waals surface area contributed by atoms with E-state index in [2.05, 4.69) is 62.3 Å². The first-order chi connectivity index (χ1) is 10.9. The molecule has 0 bridgehead atoms. The summed E-state index contributed by atoms with van der Waals surface area (Å²) in [4.78, 5) is 14.6. The first-order valence-corrected chi connectivity index (χ1v) is 8.90. The van der Waals surface area contributed by atoms with Crippen molar-refractivity contribution >= 4 is 5.91 Å². The Hall–Kier alpha value is -1.35. The topological polar surface area (TPSA) is 32.3 Å². The maximum absolute atomic E-state index is 12.3. The van der Waals surface area contributed by atoms with Gasteiger partial charge in [0, 0.05) is 12.5 Å². The number of nitrogens with zero attached hydrogens (tertiary/aromatic N) is 1. The molecule has 2 rings (SSSR count). The number of likely N-dealkylation sites (tertiary alicyclic amines) is 1. The van der Waals surface area contributed by atoms with Crippen LogP contribution in [0.3, 0.4) is 0 Å². The summed E-state index contributed by atoms with van der Waals surface area (Å²) in [5.74, 6) is 0.774. The Labute approximate surface area is 141 Å². The number of rotatable bonds is 6. The van der Waals surface area contributed by atoms with E-state index in [1.807, 2.05) is 6.07 Å². The summed E-state index contributed by atoms with van der Waals surface area (Å²) in [7, 11) is 2.16. The molecule has 0 aromatic heterocycles. The maximum Gasteiger partial charge on any atom is 0.220 e. The third kappa shape index (κ3) is 5.65. The highest BCUT2D eigenvalue weighted by Crippen LogP contribution is 2.28. The van der Waals surface area contributed by atoms with Crippen molar-refractivity contribution in [1.82, 2.24) is 10.2 Å². The lowest BCUT2D eigenvalue weighted by atomic mass is 9.79. The molecule has 1 heterocycles. The average molecular weight is 316 g/mol. The zero-order chi connectivity index (χ0) is 16.9.